The van der Waals surface area contributed by atoms with E-state index in [1.807, 2.05) is 18.2 Å². The fourth-order valence-corrected chi connectivity index (χ4v) is 4.35. The zero-order chi connectivity index (χ0) is 16.2. The highest BCUT2D eigenvalue weighted by molar-refractivity contribution is 7.24. The maximum atomic E-state index is 13.0. The van der Waals surface area contributed by atoms with Crippen LogP contribution in [0.4, 0.5) is 0 Å². The molecule has 0 amide bonds. The number of fused-ring (bicyclic) bond motifs is 2. The van der Waals surface area contributed by atoms with Crippen molar-refractivity contribution in [1.82, 2.24) is 0 Å². The molecule has 0 saturated heterocycles. The lowest BCUT2D eigenvalue weighted by Crippen LogP contribution is -2.05. The first-order valence-electron chi connectivity index (χ1n) is 8.72. The molecule has 0 atom stereocenters. The smallest absolute Gasteiger partial charge is 0.196 e. The van der Waals surface area contributed by atoms with E-state index in [1.54, 1.807) is 11.3 Å². The number of unbranched alkanes of at least 4 members (excludes halogenated alkanes) is 2. The minimum atomic E-state index is 0.211. The summed E-state index contributed by atoms with van der Waals surface area (Å²) in [6.45, 7) is 4.43. The fraction of sp³-hybridized carbons (Fsp3) is 0.381. The molecule has 0 fully saturated rings. The first-order chi connectivity index (χ1) is 11.2. The molecule has 1 aromatic heterocycles. The van der Waals surface area contributed by atoms with Gasteiger partial charge in [0, 0.05) is 20.2 Å². The van der Waals surface area contributed by atoms with Gasteiger partial charge in [-0.2, -0.15) is 0 Å². The van der Waals surface area contributed by atoms with Crippen molar-refractivity contribution in [2.24, 2.45) is 0 Å². The largest absolute Gasteiger partial charge is 0.288 e. The summed E-state index contributed by atoms with van der Waals surface area (Å²) in [5, 5.41) is 1.83. The third kappa shape index (κ3) is 3.32. The minimum absolute atomic E-state index is 0.211. The average molecular weight is 324 g/mol. The van der Waals surface area contributed by atoms with E-state index < -0.39 is 0 Å². The number of aryl methyl sites for hydroxylation is 2. The normalized spacial score (nSPS) is 11.4. The van der Waals surface area contributed by atoms with Crippen LogP contribution in [0.2, 0.25) is 0 Å². The van der Waals surface area contributed by atoms with E-state index in [0.717, 1.165) is 45.9 Å². The SMILES string of the molecule is CCCCc1cc(CCCC)c2c(=O)c3ccccc3sc2c1. The van der Waals surface area contributed by atoms with Crippen molar-refractivity contribution in [1.29, 1.82) is 0 Å². The lowest BCUT2D eigenvalue weighted by molar-refractivity contribution is 0.784. The van der Waals surface area contributed by atoms with E-state index in [4.69, 9.17) is 0 Å². The Bertz CT molecular complexity index is 876. The standard InChI is InChI=1S/C21H24OS/c1-3-5-9-15-13-16(10-6-4-2)20-19(14-15)23-18-12-8-7-11-17(18)21(20)22/h7-8,11-14H,3-6,9-10H2,1-2H3. The van der Waals surface area contributed by atoms with Crippen LogP contribution in [-0.4, -0.2) is 0 Å². The van der Waals surface area contributed by atoms with Gasteiger partial charge < -0.3 is 0 Å². The molecule has 0 aliphatic carbocycles. The summed E-state index contributed by atoms with van der Waals surface area (Å²) < 4.78 is 2.26. The van der Waals surface area contributed by atoms with Crippen molar-refractivity contribution < 1.29 is 0 Å². The first-order valence-corrected chi connectivity index (χ1v) is 9.53. The molecule has 3 rings (SSSR count). The van der Waals surface area contributed by atoms with Gasteiger partial charge in [-0.05, 0) is 55.0 Å². The van der Waals surface area contributed by atoms with Gasteiger partial charge in [0.05, 0.1) is 0 Å². The monoisotopic (exact) mass is 324 g/mol. The molecule has 1 heterocycles. The maximum Gasteiger partial charge on any atom is 0.196 e. The molecular formula is C21H24OS. The molecule has 23 heavy (non-hydrogen) atoms. The van der Waals surface area contributed by atoms with Gasteiger partial charge in [0.1, 0.15) is 0 Å². The molecular weight excluding hydrogens is 300 g/mol. The number of rotatable bonds is 6. The highest BCUT2D eigenvalue weighted by Gasteiger charge is 2.11. The summed E-state index contributed by atoms with van der Waals surface area (Å²) in [5.74, 6) is 0. The number of hydrogen-bond donors (Lipinski definition) is 0. The summed E-state index contributed by atoms with van der Waals surface area (Å²) in [4.78, 5) is 13.0. The summed E-state index contributed by atoms with van der Waals surface area (Å²) in [5.41, 5.74) is 2.85. The molecule has 2 aromatic carbocycles. The third-order valence-electron chi connectivity index (χ3n) is 4.44. The van der Waals surface area contributed by atoms with Crippen LogP contribution in [0.3, 0.4) is 0 Å². The number of hydrogen-bond acceptors (Lipinski definition) is 2. The molecule has 0 aliphatic rings. The van der Waals surface area contributed by atoms with Gasteiger partial charge in [-0.25, -0.2) is 0 Å². The Hall–Kier alpha value is -1.67. The number of benzene rings is 2. The highest BCUT2D eigenvalue weighted by atomic mass is 32.1. The Morgan fingerprint density at radius 2 is 1.65 bits per heavy atom. The van der Waals surface area contributed by atoms with Crippen LogP contribution in [-0.2, 0) is 12.8 Å². The summed E-state index contributed by atoms with van der Waals surface area (Å²) in [7, 11) is 0. The molecule has 0 aliphatic heterocycles. The maximum absolute atomic E-state index is 13.0. The minimum Gasteiger partial charge on any atom is -0.288 e. The van der Waals surface area contributed by atoms with Crippen molar-refractivity contribution in [2.75, 3.05) is 0 Å². The molecule has 0 N–H and O–H groups in total. The predicted molar refractivity (Wildman–Crippen MR) is 103 cm³/mol. The fourth-order valence-electron chi connectivity index (χ4n) is 3.16. The van der Waals surface area contributed by atoms with Gasteiger partial charge in [-0.3, -0.25) is 4.79 Å². The Morgan fingerprint density at radius 3 is 2.43 bits per heavy atom. The predicted octanol–water partition coefficient (Wildman–Crippen LogP) is 6.10. The zero-order valence-corrected chi connectivity index (χ0v) is 14.8. The Labute approximate surface area is 142 Å². The second-order valence-corrected chi connectivity index (χ2v) is 7.35. The van der Waals surface area contributed by atoms with E-state index >= 15 is 0 Å². The van der Waals surface area contributed by atoms with Crippen LogP contribution < -0.4 is 5.43 Å². The Balaban J connectivity index is 2.25. The summed E-state index contributed by atoms with van der Waals surface area (Å²) in [6, 6.07) is 12.5. The van der Waals surface area contributed by atoms with Crippen LogP contribution in [0.1, 0.15) is 50.7 Å². The first kappa shape index (κ1) is 16.2. The van der Waals surface area contributed by atoms with E-state index in [0.29, 0.717) is 0 Å². The highest BCUT2D eigenvalue weighted by Crippen LogP contribution is 2.29. The molecule has 1 nitrogen and oxygen atoms in total. The van der Waals surface area contributed by atoms with Gasteiger partial charge >= 0.3 is 0 Å². The summed E-state index contributed by atoms with van der Waals surface area (Å²) >= 11 is 1.76. The van der Waals surface area contributed by atoms with Gasteiger partial charge in [-0.15, -0.1) is 11.3 Å². The molecule has 120 valence electrons. The quantitative estimate of drug-likeness (QED) is 0.501. The third-order valence-corrected chi connectivity index (χ3v) is 5.56. The molecule has 2 heteroatoms. The molecule has 0 bridgehead atoms. The second kappa shape index (κ2) is 7.27. The van der Waals surface area contributed by atoms with E-state index in [2.05, 4.69) is 32.0 Å². The zero-order valence-electron chi connectivity index (χ0n) is 14.0. The van der Waals surface area contributed by atoms with Crippen LogP contribution in [0.5, 0.6) is 0 Å². The van der Waals surface area contributed by atoms with Gasteiger partial charge in [0.2, 0.25) is 0 Å². The Morgan fingerprint density at radius 1 is 0.913 bits per heavy atom. The van der Waals surface area contributed by atoms with Crippen molar-refractivity contribution >= 4 is 31.5 Å². The van der Waals surface area contributed by atoms with E-state index in [9.17, 15) is 4.79 Å². The summed E-state index contributed by atoms with van der Waals surface area (Å²) in [6.07, 6.45) is 6.83. The van der Waals surface area contributed by atoms with Crippen molar-refractivity contribution in [3.8, 4) is 0 Å². The topological polar surface area (TPSA) is 17.1 Å². The van der Waals surface area contributed by atoms with Crippen LogP contribution in [0.15, 0.2) is 41.2 Å². The lowest BCUT2D eigenvalue weighted by Gasteiger charge is -2.10. The van der Waals surface area contributed by atoms with Gasteiger partial charge in [0.15, 0.2) is 5.43 Å². The van der Waals surface area contributed by atoms with Gasteiger partial charge in [-0.1, -0.05) is 44.9 Å². The molecule has 3 aromatic rings. The van der Waals surface area contributed by atoms with Crippen molar-refractivity contribution in [3.63, 3.8) is 0 Å². The molecule has 0 saturated carbocycles. The van der Waals surface area contributed by atoms with Crippen LogP contribution in [0, 0.1) is 0 Å². The second-order valence-electron chi connectivity index (χ2n) is 6.26. The molecule has 0 spiro atoms. The Kier molecular flexibility index (Phi) is 5.12. The van der Waals surface area contributed by atoms with Crippen molar-refractivity contribution in [2.45, 2.75) is 52.4 Å². The molecule has 0 unspecified atom stereocenters. The van der Waals surface area contributed by atoms with E-state index in [1.165, 1.54) is 24.0 Å². The van der Waals surface area contributed by atoms with Crippen LogP contribution in [0.25, 0.3) is 20.2 Å². The van der Waals surface area contributed by atoms with Gasteiger partial charge in [0.25, 0.3) is 0 Å². The average Bonchev–Trinajstić information content (AvgIpc) is 2.57. The van der Waals surface area contributed by atoms with E-state index in [-0.39, 0.29) is 5.43 Å². The molecule has 0 radical (unpaired) electrons. The van der Waals surface area contributed by atoms with Crippen molar-refractivity contribution in [3.05, 3.63) is 57.7 Å². The lowest BCUT2D eigenvalue weighted by atomic mass is 9.98. The van der Waals surface area contributed by atoms with Crippen LogP contribution >= 0.6 is 11.3 Å².